The molecule has 0 N–H and O–H groups in total. The zero-order chi connectivity index (χ0) is 13.0. The minimum atomic E-state index is 0.103. The summed E-state index contributed by atoms with van der Waals surface area (Å²) in [6.45, 7) is 0. The maximum atomic E-state index is 12.6. The highest BCUT2D eigenvalue weighted by molar-refractivity contribution is 6.01. The van der Waals surface area contributed by atoms with Crippen molar-refractivity contribution < 1.29 is 9.59 Å². The largest absolute Gasteiger partial charge is 0.299 e. The number of hydrogen-bond acceptors (Lipinski definition) is 2. The molecule has 0 amide bonds. The van der Waals surface area contributed by atoms with Crippen LogP contribution in [0.5, 0.6) is 0 Å². The van der Waals surface area contributed by atoms with Crippen molar-refractivity contribution in [3.63, 3.8) is 0 Å². The lowest BCUT2D eigenvalue weighted by Crippen LogP contribution is -2.45. The smallest absolute Gasteiger partial charge is 0.178 e. The molecule has 0 heterocycles. The Bertz CT molecular complexity index is 499. The lowest BCUT2D eigenvalue weighted by atomic mass is 9.56. The van der Waals surface area contributed by atoms with Crippen LogP contribution >= 0.6 is 0 Å². The van der Waals surface area contributed by atoms with E-state index in [0.717, 1.165) is 25.2 Å². The molecule has 5 atom stereocenters. The van der Waals surface area contributed by atoms with Crippen LogP contribution in [-0.2, 0) is 9.59 Å². The molecule has 0 saturated heterocycles. The van der Waals surface area contributed by atoms with E-state index in [9.17, 15) is 9.59 Å². The van der Waals surface area contributed by atoms with E-state index in [1.165, 1.54) is 24.8 Å². The van der Waals surface area contributed by atoms with Crippen LogP contribution < -0.4 is 0 Å². The van der Waals surface area contributed by atoms with Gasteiger partial charge in [0.05, 0.1) is 0 Å². The van der Waals surface area contributed by atoms with Gasteiger partial charge in [-0.05, 0) is 55.6 Å². The lowest BCUT2D eigenvalue weighted by Gasteiger charge is -2.46. The van der Waals surface area contributed by atoms with Crippen LogP contribution in [0.4, 0.5) is 0 Å². The van der Waals surface area contributed by atoms with Crippen LogP contribution in [0.3, 0.4) is 0 Å². The summed E-state index contributed by atoms with van der Waals surface area (Å²) in [6.07, 6.45) is 12.3. The topological polar surface area (TPSA) is 34.1 Å². The van der Waals surface area contributed by atoms with Crippen molar-refractivity contribution in [3.8, 4) is 0 Å². The van der Waals surface area contributed by atoms with Crippen molar-refractivity contribution in [1.29, 1.82) is 0 Å². The first-order valence-corrected chi connectivity index (χ1v) is 7.69. The zero-order valence-electron chi connectivity index (χ0n) is 11.2. The molecule has 2 heteroatoms. The first kappa shape index (κ1) is 11.6. The SMILES string of the molecule is O=C1C=CC2C(=C1)CCC1C3CCCC3CC(=O)C21. The highest BCUT2D eigenvalue weighted by atomic mass is 16.1. The van der Waals surface area contributed by atoms with Crippen LogP contribution in [-0.4, -0.2) is 11.6 Å². The molecule has 0 aliphatic heterocycles. The van der Waals surface area contributed by atoms with Crippen molar-refractivity contribution >= 4 is 11.6 Å². The van der Waals surface area contributed by atoms with Crippen molar-refractivity contribution in [2.24, 2.45) is 29.6 Å². The first-order valence-electron chi connectivity index (χ1n) is 7.69. The summed E-state index contributed by atoms with van der Waals surface area (Å²) in [7, 11) is 0. The molecule has 19 heavy (non-hydrogen) atoms. The number of ketones is 2. The van der Waals surface area contributed by atoms with E-state index < -0.39 is 0 Å². The fourth-order valence-electron chi connectivity index (χ4n) is 5.21. The number of carbonyl (C=O) groups is 2. The third kappa shape index (κ3) is 1.69. The average molecular weight is 256 g/mol. The minimum absolute atomic E-state index is 0.103. The molecule has 0 aromatic rings. The first-order chi connectivity index (χ1) is 9.24. The van der Waals surface area contributed by atoms with Gasteiger partial charge in [-0.25, -0.2) is 0 Å². The lowest BCUT2D eigenvalue weighted by molar-refractivity contribution is -0.133. The van der Waals surface area contributed by atoms with E-state index >= 15 is 0 Å². The van der Waals surface area contributed by atoms with E-state index in [1.54, 1.807) is 12.2 Å². The second kappa shape index (κ2) is 4.16. The molecule has 0 spiro atoms. The number of carbonyl (C=O) groups excluding carboxylic acids is 2. The third-order valence-corrected chi connectivity index (χ3v) is 5.94. The van der Waals surface area contributed by atoms with Crippen molar-refractivity contribution in [3.05, 3.63) is 23.8 Å². The summed E-state index contributed by atoms with van der Waals surface area (Å²) < 4.78 is 0. The van der Waals surface area contributed by atoms with Gasteiger partial charge in [0.1, 0.15) is 5.78 Å². The molecule has 4 aliphatic rings. The highest BCUT2D eigenvalue weighted by Crippen LogP contribution is 2.54. The van der Waals surface area contributed by atoms with Gasteiger partial charge in [-0.3, -0.25) is 9.59 Å². The molecule has 0 aromatic heterocycles. The Morgan fingerprint density at radius 1 is 1.05 bits per heavy atom. The summed E-state index contributed by atoms with van der Waals surface area (Å²) in [6, 6.07) is 0. The maximum Gasteiger partial charge on any atom is 0.178 e. The van der Waals surface area contributed by atoms with Gasteiger partial charge in [0.25, 0.3) is 0 Å². The van der Waals surface area contributed by atoms with Gasteiger partial charge < -0.3 is 0 Å². The quantitative estimate of drug-likeness (QED) is 0.667. The molecule has 100 valence electrons. The minimum Gasteiger partial charge on any atom is -0.299 e. The van der Waals surface area contributed by atoms with Gasteiger partial charge in [0.2, 0.25) is 0 Å². The molecule has 4 rings (SSSR count). The molecule has 0 radical (unpaired) electrons. The van der Waals surface area contributed by atoms with Crippen molar-refractivity contribution in [2.45, 2.75) is 38.5 Å². The van der Waals surface area contributed by atoms with Gasteiger partial charge in [0.15, 0.2) is 5.78 Å². The van der Waals surface area contributed by atoms with Gasteiger partial charge in [0, 0.05) is 18.3 Å². The second-order valence-corrected chi connectivity index (χ2v) is 6.76. The molecule has 3 fully saturated rings. The van der Waals surface area contributed by atoms with Crippen LogP contribution in [0.1, 0.15) is 38.5 Å². The molecule has 2 nitrogen and oxygen atoms in total. The van der Waals surface area contributed by atoms with Crippen LogP contribution in [0.15, 0.2) is 23.8 Å². The Hall–Kier alpha value is -1.18. The predicted molar refractivity (Wildman–Crippen MR) is 72.4 cm³/mol. The van der Waals surface area contributed by atoms with E-state index in [4.69, 9.17) is 0 Å². The molecule has 0 bridgehead atoms. The van der Waals surface area contributed by atoms with E-state index in [1.807, 2.05) is 6.08 Å². The van der Waals surface area contributed by atoms with E-state index in [0.29, 0.717) is 17.6 Å². The normalized spacial score (nSPS) is 44.4. The molecule has 0 aromatic carbocycles. The van der Waals surface area contributed by atoms with Crippen molar-refractivity contribution in [1.82, 2.24) is 0 Å². The van der Waals surface area contributed by atoms with Gasteiger partial charge >= 0.3 is 0 Å². The molecule has 5 unspecified atom stereocenters. The molecule has 4 aliphatic carbocycles. The Kier molecular flexibility index (Phi) is 2.54. The Balaban J connectivity index is 1.69. The molecular weight excluding hydrogens is 236 g/mol. The van der Waals surface area contributed by atoms with E-state index in [-0.39, 0.29) is 17.6 Å². The number of rotatable bonds is 0. The standard InChI is InChI=1S/C17H20O2/c18-12-5-7-14-11(8-12)4-6-15-13-3-1-2-10(13)9-16(19)17(14)15/h5,7-8,10,13-15,17H,1-4,6,9H2. The molecule has 3 saturated carbocycles. The Morgan fingerprint density at radius 2 is 1.95 bits per heavy atom. The molecular formula is C17H20O2. The fraction of sp³-hybridized carbons (Fsp3) is 0.647. The van der Waals surface area contributed by atoms with Gasteiger partial charge in [-0.2, -0.15) is 0 Å². The summed E-state index contributed by atoms with van der Waals surface area (Å²) in [5, 5.41) is 0. The number of allylic oxidation sites excluding steroid dienone is 4. The van der Waals surface area contributed by atoms with Gasteiger partial charge in [-0.15, -0.1) is 0 Å². The zero-order valence-corrected chi connectivity index (χ0v) is 11.2. The Morgan fingerprint density at radius 3 is 2.84 bits per heavy atom. The number of Topliss-reactive ketones (excluding diaryl/α,β-unsaturated/α-hetero) is 1. The fourth-order valence-corrected chi connectivity index (χ4v) is 5.21. The van der Waals surface area contributed by atoms with Crippen LogP contribution in [0, 0.1) is 29.6 Å². The van der Waals surface area contributed by atoms with Crippen LogP contribution in [0.25, 0.3) is 0 Å². The Labute approximate surface area is 113 Å². The summed E-state index contributed by atoms with van der Waals surface area (Å²) in [5.74, 6) is 3.06. The van der Waals surface area contributed by atoms with Crippen LogP contribution in [0.2, 0.25) is 0 Å². The third-order valence-electron chi connectivity index (χ3n) is 5.94. The average Bonchev–Trinajstić information content (AvgIpc) is 2.86. The summed E-state index contributed by atoms with van der Waals surface area (Å²) in [5.41, 5.74) is 1.22. The summed E-state index contributed by atoms with van der Waals surface area (Å²) >= 11 is 0. The number of hydrogen-bond donors (Lipinski definition) is 0. The second-order valence-electron chi connectivity index (χ2n) is 6.76. The van der Waals surface area contributed by atoms with E-state index in [2.05, 4.69) is 0 Å². The van der Waals surface area contributed by atoms with Crippen molar-refractivity contribution in [2.75, 3.05) is 0 Å². The summed E-state index contributed by atoms with van der Waals surface area (Å²) in [4.78, 5) is 24.1. The number of fused-ring (bicyclic) bond motifs is 5. The predicted octanol–water partition coefficient (Wildman–Crippen LogP) is 3.08. The monoisotopic (exact) mass is 256 g/mol. The maximum absolute atomic E-state index is 12.6. The van der Waals surface area contributed by atoms with Gasteiger partial charge in [-0.1, -0.05) is 18.1 Å². The highest BCUT2D eigenvalue weighted by Gasteiger charge is 2.50.